The van der Waals surface area contributed by atoms with Gasteiger partial charge in [0.2, 0.25) is 0 Å². The number of allylic oxidation sites excluding steroid dienone is 3. The molecule has 0 bridgehead atoms. The van der Waals surface area contributed by atoms with Gasteiger partial charge in [0.25, 0.3) is 0 Å². The molecule has 53 heavy (non-hydrogen) atoms. The molecule has 5 aliphatic carbocycles. The largest absolute Gasteiger partial charge is 0.478 e. The fourth-order valence-electron chi connectivity index (χ4n) is 14.5. The zero-order valence-corrected chi connectivity index (χ0v) is 34.0. The molecule has 1 aliphatic heterocycles. The van der Waals surface area contributed by atoms with Crippen LogP contribution in [0.2, 0.25) is 0 Å². The number of fused-ring (bicyclic) bond motifs is 7. The third kappa shape index (κ3) is 6.05. The molecule has 1 aromatic carbocycles. The summed E-state index contributed by atoms with van der Waals surface area (Å²) < 4.78 is 39.3. The van der Waals surface area contributed by atoms with Crippen LogP contribution in [0, 0.1) is 62.5 Å². The first-order valence-corrected chi connectivity index (χ1v) is 22.5. The van der Waals surface area contributed by atoms with Gasteiger partial charge in [-0.05, 0) is 159 Å². The Morgan fingerprint density at radius 1 is 0.925 bits per heavy atom. The third-order valence-corrected chi connectivity index (χ3v) is 19.0. The summed E-state index contributed by atoms with van der Waals surface area (Å²) in [6, 6.07) is 4.60. The molecule has 0 amide bonds. The highest BCUT2D eigenvalue weighted by atomic mass is 32.2. The van der Waals surface area contributed by atoms with Gasteiger partial charge in [-0.25, -0.2) is 17.6 Å². The van der Waals surface area contributed by atoms with E-state index in [-0.39, 0.29) is 50.2 Å². The van der Waals surface area contributed by atoms with Gasteiger partial charge in [0, 0.05) is 23.4 Å². The lowest BCUT2D eigenvalue weighted by molar-refractivity contribution is -0.224. The fraction of sp³-hybridized carbons (Fsp3) is 0.733. The van der Waals surface area contributed by atoms with Gasteiger partial charge in [-0.2, -0.15) is 0 Å². The van der Waals surface area contributed by atoms with Crippen molar-refractivity contribution in [2.45, 2.75) is 131 Å². The molecule has 8 heteroatoms. The number of carbonyl (C=O) groups excluding carboxylic acids is 1. The highest BCUT2D eigenvalue weighted by Crippen LogP contribution is 2.78. The number of aromatic carboxylic acids is 1. The van der Waals surface area contributed by atoms with Crippen LogP contribution in [0.1, 0.15) is 141 Å². The number of carbonyl (C=O) groups is 2. The van der Waals surface area contributed by atoms with Crippen LogP contribution in [0.3, 0.4) is 0 Å². The molecule has 7 rings (SSSR count). The number of carboxylic acids is 1. The van der Waals surface area contributed by atoms with Crippen molar-refractivity contribution in [3.63, 3.8) is 0 Å². The fourth-order valence-corrected chi connectivity index (χ4v) is 15.9. The molecule has 6 nitrogen and oxygen atoms in total. The second kappa shape index (κ2) is 13.4. The van der Waals surface area contributed by atoms with Gasteiger partial charge >= 0.3 is 5.97 Å². The molecule has 0 radical (unpaired) electrons. The molecule has 0 aromatic heterocycles. The van der Waals surface area contributed by atoms with Crippen molar-refractivity contribution >= 4 is 27.2 Å². The zero-order chi connectivity index (χ0) is 38.4. The second-order valence-corrected chi connectivity index (χ2v) is 22.1. The Labute approximate surface area is 318 Å². The Hall–Kier alpha value is -2.32. The number of sulfone groups is 1. The van der Waals surface area contributed by atoms with Crippen molar-refractivity contribution < 1.29 is 27.5 Å². The first kappa shape index (κ1) is 38.9. The van der Waals surface area contributed by atoms with Crippen molar-refractivity contribution in [1.29, 1.82) is 0 Å². The smallest absolute Gasteiger partial charge is 0.335 e. The second-order valence-electron chi connectivity index (χ2n) is 19.8. The number of carboxylic acid groups (broad SMARTS) is 1. The van der Waals surface area contributed by atoms with Crippen molar-refractivity contribution in [1.82, 2.24) is 5.32 Å². The highest BCUT2D eigenvalue weighted by Gasteiger charge is 2.71. The number of halogens is 1. The van der Waals surface area contributed by atoms with E-state index < -0.39 is 21.6 Å². The highest BCUT2D eigenvalue weighted by molar-refractivity contribution is 7.91. The molecule has 292 valence electrons. The standard InChI is InChI=1S/C45H64FNO5S/c1-28(2)31-14-21-45(38(48)9-8-24-47-30-17-25-53(51,52)26-18-30)23-22-43(6)34(39(31)45)12-13-37-42(5)19-15-33(32-11-10-29(40(49)50)27-35(32)46)41(3,4)36(42)16-20-44(37,43)7/h10-11,15,27,30-31,34,36-37,39,47H,1,8-9,12-14,16-26H2,2-7H3,(H,49,50)/t31-,34+,36-,37+,39+,42-,43+,44+,45+/m0/s1. The number of nitrogens with one attached hydrogen (secondary N) is 1. The van der Waals surface area contributed by atoms with Gasteiger partial charge in [-0.15, -0.1) is 0 Å². The van der Waals surface area contributed by atoms with E-state index in [2.05, 4.69) is 59.5 Å². The van der Waals surface area contributed by atoms with Gasteiger partial charge in [-0.3, -0.25) is 4.79 Å². The number of Topliss-reactive ketones (excluding diaryl/α,β-unsaturated/α-hetero) is 1. The minimum atomic E-state index is -2.89. The average Bonchev–Trinajstić information content (AvgIpc) is 3.49. The molecule has 1 saturated heterocycles. The Balaban J connectivity index is 1.12. The van der Waals surface area contributed by atoms with E-state index in [9.17, 15) is 23.1 Å². The number of ketones is 1. The summed E-state index contributed by atoms with van der Waals surface area (Å²) in [4.78, 5) is 26.1. The maximum atomic E-state index is 15.5. The molecule has 2 N–H and O–H groups in total. The summed E-state index contributed by atoms with van der Waals surface area (Å²) in [6.45, 7) is 19.8. The Kier molecular flexibility index (Phi) is 9.85. The van der Waals surface area contributed by atoms with E-state index in [1.807, 2.05) is 0 Å². The van der Waals surface area contributed by atoms with Crippen molar-refractivity contribution in [2.75, 3.05) is 18.1 Å². The molecule has 0 unspecified atom stereocenters. The quantitative estimate of drug-likeness (QED) is 0.193. The average molecular weight is 750 g/mol. The maximum Gasteiger partial charge on any atom is 0.335 e. The molecule has 1 aromatic rings. The lowest BCUT2D eigenvalue weighted by Gasteiger charge is -2.72. The number of hydrogen-bond acceptors (Lipinski definition) is 5. The predicted molar refractivity (Wildman–Crippen MR) is 210 cm³/mol. The number of hydrogen-bond donors (Lipinski definition) is 2. The molecular weight excluding hydrogens is 686 g/mol. The van der Waals surface area contributed by atoms with Crippen molar-refractivity contribution in [2.24, 2.45) is 56.7 Å². The summed E-state index contributed by atoms with van der Waals surface area (Å²) in [7, 11) is -2.89. The summed E-state index contributed by atoms with van der Waals surface area (Å²) >= 11 is 0. The van der Waals surface area contributed by atoms with Crippen LogP contribution >= 0.6 is 0 Å². The molecular formula is C45H64FNO5S. The van der Waals surface area contributed by atoms with Crippen molar-refractivity contribution in [3.8, 4) is 0 Å². The maximum absolute atomic E-state index is 15.5. The van der Waals surface area contributed by atoms with E-state index in [0.29, 0.717) is 60.2 Å². The normalized spacial score (nSPS) is 40.2. The first-order valence-electron chi connectivity index (χ1n) is 20.7. The minimum absolute atomic E-state index is 0.0223. The van der Waals surface area contributed by atoms with E-state index in [1.54, 1.807) is 6.07 Å². The van der Waals surface area contributed by atoms with Gasteiger partial charge in [0.15, 0.2) is 0 Å². The van der Waals surface area contributed by atoms with Crippen LogP contribution in [0.25, 0.3) is 5.57 Å². The van der Waals surface area contributed by atoms with Crippen LogP contribution in [0.15, 0.2) is 36.4 Å². The van der Waals surface area contributed by atoms with Crippen LogP contribution in [-0.2, 0) is 14.6 Å². The number of benzene rings is 1. The summed E-state index contributed by atoms with van der Waals surface area (Å²) in [5.74, 6) is 1.47. The minimum Gasteiger partial charge on any atom is -0.478 e. The Morgan fingerprint density at radius 2 is 1.64 bits per heavy atom. The lowest BCUT2D eigenvalue weighted by Crippen LogP contribution is -2.65. The van der Waals surface area contributed by atoms with E-state index in [1.165, 1.54) is 17.7 Å². The Bertz CT molecular complexity index is 1800. The van der Waals surface area contributed by atoms with Crippen molar-refractivity contribution in [3.05, 3.63) is 53.4 Å². The van der Waals surface area contributed by atoms with Crippen LogP contribution in [-0.4, -0.2) is 49.4 Å². The molecule has 4 saturated carbocycles. The molecule has 9 atom stereocenters. The zero-order valence-electron chi connectivity index (χ0n) is 33.2. The van der Waals surface area contributed by atoms with Gasteiger partial charge in [0.1, 0.15) is 21.4 Å². The topological polar surface area (TPSA) is 101 Å². The Morgan fingerprint density at radius 3 is 2.30 bits per heavy atom. The van der Waals surface area contributed by atoms with E-state index >= 15 is 4.39 Å². The van der Waals surface area contributed by atoms with E-state index in [0.717, 1.165) is 76.3 Å². The van der Waals surface area contributed by atoms with Gasteiger partial charge in [0.05, 0.1) is 17.1 Å². The SMILES string of the molecule is C=C(C)[C@@H]1CC[C@]2(C(=O)CCCNC3CCS(=O)(=O)CC3)CC[C@]3(C)[C@H](CC[C@@H]4[C@@]5(C)CC=C(c6ccc(C(=O)O)cc6F)C(C)(C)[C@@H]5CC[C@]43C)[C@@H]12. The summed E-state index contributed by atoms with van der Waals surface area (Å²) in [5, 5.41) is 13.0. The van der Waals surface area contributed by atoms with Crippen LogP contribution in [0.5, 0.6) is 0 Å². The first-order chi connectivity index (χ1) is 24.8. The van der Waals surface area contributed by atoms with Gasteiger partial charge < -0.3 is 10.4 Å². The van der Waals surface area contributed by atoms with Crippen LogP contribution < -0.4 is 5.32 Å². The van der Waals surface area contributed by atoms with Crippen LogP contribution in [0.4, 0.5) is 4.39 Å². The lowest BCUT2D eigenvalue weighted by atomic mass is 9.32. The molecule has 6 aliphatic rings. The van der Waals surface area contributed by atoms with Gasteiger partial charge in [-0.1, -0.05) is 58.9 Å². The number of rotatable bonds is 9. The third-order valence-electron chi connectivity index (χ3n) is 17.3. The summed E-state index contributed by atoms with van der Waals surface area (Å²) in [5.41, 5.74) is 2.48. The monoisotopic (exact) mass is 749 g/mol. The predicted octanol–water partition coefficient (Wildman–Crippen LogP) is 9.69. The van der Waals surface area contributed by atoms with E-state index in [4.69, 9.17) is 0 Å². The molecule has 1 heterocycles. The molecule has 0 spiro atoms. The molecule has 5 fully saturated rings. The summed E-state index contributed by atoms with van der Waals surface area (Å²) in [6.07, 6.45) is 14.5.